The van der Waals surface area contributed by atoms with Gasteiger partial charge in [0.1, 0.15) is 11.6 Å². The predicted molar refractivity (Wildman–Crippen MR) is 89.5 cm³/mol. The fraction of sp³-hybridized carbons (Fsp3) is 0.312. The van der Waals surface area contributed by atoms with Gasteiger partial charge < -0.3 is 9.64 Å². The summed E-state index contributed by atoms with van der Waals surface area (Å²) in [5, 5.41) is 0. The molecule has 0 atom stereocenters. The molecule has 1 saturated heterocycles. The third kappa shape index (κ3) is 3.56. The second-order valence-electron chi connectivity index (χ2n) is 5.38. The number of methoxy groups -OCH3 is 1. The smallest absolute Gasteiger partial charge is 0.263 e. The highest BCUT2D eigenvalue weighted by molar-refractivity contribution is 7.92. The second kappa shape index (κ2) is 6.45. The van der Waals surface area contributed by atoms with E-state index in [2.05, 4.69) is 14.6 Å². The van der Waals surface area contributed by atoms with Crippen LogP contribution in [0, 0.1) is 0 Å². The summed E-state index contributed by atoms with van der Waals surface area (Å²) in [7, 11) is -2.12. The minimum atomic E-state index is -3.65. The summed E-state index contributed by atoms with van der Waals surface area (Å²) in [5.74, 6) is 0.917. The Hall–Kier alpha value is -2.28. The van der Waals surface area contributed by atoms with Gasteiger partial charge in [0.05, 0.1) is 23.9 Å². The van der Waals surface area contributed by atoms with Crippen LogP contribution in [0.2, 0.25) is 0 Å². The molecular weight excluding hydrogens is 314 g/mol. The van der Waals surface area contributed by atoms with E-state index in [0.717, 1.165) is 18.8 Å². The maximum Gasteiger partial charge on any atom is 0.263 e. The van der Waals surface area contributed by atoms with E-state index >= 15 is 0 Å². The van der Waals surface area contributed by atoms with Crippen molar-refractivity contribution < 1.29 is 13.2 Å². The van der Waals surface area contributed by atoms with E-state index in [9.17, 15) is 8.42 Å². The van der Waals surface area contributed by atoms with E-state index < -0.39 is 10.0 Å². The fourth-order valence-corrected chi connectivity index (χ4v) is 3.57. The molecule has 2 aromatic rings. The van der Waals surface area contributed by atoms with E-state index in [1.165, 1.54) is 32.1 Å². The SMILES string of the molecule is COc1ccc(S(=O)(=O)Nc2ccc(N3CCCC3)cn2)cc1. The molecule has 1 aromatic carbocycles. The van der Waals surface area contributed by atoms with Gasteiger partial charge in [0.2, 0.25) is 0 Å². The van der Waals surface area contributed by atoms with Crippen LogP contribution >= 0.6 is 0 Å². The first-order valence-electron chi connectivity index (χ1n) is 7.46. The predicted octanol–water partition coefficient (Wildman–Crippen LogP) is 2.49. The maximum absolute atomic E-state index is 12.3. The highest BCUT2D eigenvalue weighted by Crippen LogP contribution is 2.22. The van der Waals surface area contributed by atoms with Crippen LogP contribution in [0.5, 0.6) is 5.75 Å². The van der Waals surface area contributed by atoms with Crippen molar-refractivity contribution in [3.8, 4) is 5.75 Å². The molecule has 0 bridgehead atoms. The van der Waals surface area contributed by atoms with Crippen molar-refractivity contribution in [2.75, 3.05) is 29.8 Å². The Labute approximate surface area is 136 Å². The Morgan fingerprint density at radius 1 is 1.09 bits per heavy atom. The van der Waals surface area contributed by atoms with Gasteiger partial charge in [0.25, 0.3) is 10.0 Å². The van der Waals surface area contributed by atoms with Gasteiger partial charge in [0.15, 0.2) is 0 Å². The van der Waals surface area contributed by atoms with E-state index in [4.69, 9.17) is 4.74 Å². The van der Waals surface area contributed by atoms with Crippen molar-refractivity contribution in [3.05, 3.63) is 42.6 Å². The number of ether oxygens (including phenoxy) is 1. The molecule has 23 heavy (non-hydrogen) atoms. The number of anilines is 2. The Morgan fingerprint density at radius 2 is 1.78 bits per heavy atom. The molecule has 0 saturated carbocycles. The van der Waals surface area contributed by atoms with Crippen molar-refractivity contribution >= 4 is 21.5 Å². The highest BCUT2D eigenvalue weighted by atomic mass is 32.2. The first-order valence-corrected chi connectivity index (χ1v) is 8.95. The zero-order valence-electron chi connectivity index (χ0n) is 12.9. The van der Waals surface area contributed by atoms with Gasteiger partial charge in [-0.15, -0.1) is 0 Å². The third-order valence-electron chi connectivity index (χ3n) is 3.83. The standard InChI is InChI=1S/C16H19N3O3S/c1-22-14-5-7-15(8-6-14)23(20,21)18-16-9-4-13(12-17-16)19-10-2-3-11-19/h4-9,12H,2-3,10-11H2,1H3,(H,17,18). The summed E-state index contributed by atoms with van der Waals surface area (Å²) in [6.07, 6.45) is 4.08. The van der Waals surface area contributed by atoms with Crippen LogP contribution in [-0.4, -0.2) is 33.6 Å². The molecule has 122 valence electrons. The number of hydrogen-bond donors (Lipinski definition) is 1. The van der Waals surface area contributed by atoms with Crippen LogP contribution in [0.15, 0.2) is 47.5 Å². The van der Waals surface area contributed by atoms with Gasteiger partial charge >= 0.3 is 0 Å². The topological polar surface area (TPSA) is 71.5 Å². The molecule has 1 N–H and O–H groups in total. The lowest BCUT2D eigenvalue weighted by Gasteiger charge is -2.17. The number of sulfonamides is 1. The molecule has 1 aliphatic rings. The summed E-state index contributed by atoms with van der Waals surface area (Å²) >= 11 is 0. The van der Waals surface area contributed by atoms with Crippen LogP contribution in [0.3, 0.4) is 0 Å². The number of pyridine rings is 1. The Morgan fingerprint density at radius 3 is 2.35 bits per heavy atom. The van der Waals surface area contributed by atoms with Gasteiger partial charge in [-0.3, -0.25) is 4.72 Å². The fourth-order valence-electron chi connectivity index (χ4n) is 2.56. The molecule has 7 heteroatoms. The molecule has 0 spiro atoms. The lowest BCUT2D eigenvalue weighted by Crippen LogP contribution is -2.18. The van der Waals surface area contributed by atoms with Crippen LogP contribution in [0.4, 0.5) is 11.5 Å². The molecule has 2 heterocycles. The first kappa shape index (κ1) is 15.6. The second-order valence-corrected chi connectivity index (χ2v) is 7.06. The van der Waals surface area contributed by atoms with Crippen molar-refractivity contribution in [2.45, 2.75) is 17.7 Å². The largest absolute Gasteiger partial charge is 0.497 e. The molecule has 3 rings (SSSR count). The summed E-state index contributed by atoms with van der Waals surface area (Å²) in [6, 6.07) is 9.80. The first-order chi connectivity index (χ1) is 11.1. The number of rotatable bonds is 5. The van der Waals surface area contributed by atoms with Gasteiger partial charge in [0, 0.05) is 13.1 Å². The summed E-state index contributed by atoms with van der Waals surface area (Å²) < 4.78 is 32.2. The molecule has 0 aliphatic carbocycles. The number of hydrogen-bond acceptors (Lipinski definition) is 5. The van der Waals surface area contributed by atoms with Crippen molar-refractivity contribution in [1.82, 2.24) is 4.98 Å². The number of nitrogens with zero attached hydrogens (tertiary/aromatic N) is 2. The van der Waals surface area contributed by atoms with Gasteiger partial charge in [-0.1, -0.05) is 0 Å². The number of nitrogens with one attached hydrogen (secondary N) is 1. The minimum Gasteiger partial charge on any atom is -0.497 e. The Bertz CT molecular complexity index is 752. The van der Waals surface area contributed by atoms with E-state index in [-0.39, 0.29) is 4.90 Å². The quantitative estimate of drug-likeness (QED) is 0.910. The summed E-state index contributed by atoms with van der Waals surface area (Å²) in [4.78, 5) is 6.63. The molecule has 1 fully saturated rings. The Kier molecular flexibility index (Phi) is 4.38. The average molecular weight is 333 g/mol. The van der Waals surface area contributed by atoms with Crippen LogP contribution in [-0.2, 0) is 10.0 Å². The summed E-state index contributed by atoms with van der Waals surface area (Å²) in [6.45, 7) is 2.05. The van der Waals surface area contributed by atoms with Crippen LogP contribution in [0.25, 0.3) is 0 Å². The monoisotopic (exact) mass is 333 g/mol. The van der Waals surface area contributed by atoms with E-state index in [0.29, 0.717) is 11.6 Å². The maximum atomic E-state index is 12.3. The zero-order chi connectivity index (χ0) is 16.3. The van der Waals surface area contributed by atoms with E-state index in [1.807, 2.05) is 6.07 Å². The summed E-state index contributed by atoms with van der Waals surface area (Å²) in [5.41, 5.74) is 1.02. The van der Waals surface area contributed by atoms with Gasteiger partial charge in [-0.25, -0.2) is 13.4 Å². The van der Waals surface area contributed by atoms with Crippen molar-refractivity contribution in [1.29, 1.82) is 0 Å². The van der Waals surface area contributed by atoms with Crippen molar-refractivity contribution in [3.63, 3.8) is 0 Å². The minimum absolute atomic E-state index is 0.170. The third-order valence-corrected chi connectivity index (χ3v) is 5.20. The van der Waals surface area contributed by atoms with E-state index in [1.54, 1.807) is 24.4 Å². The van der Waals surface area contributed by atoms with Crippen molar-refractivity contribution in [2.24, 2.45) is 0 Å². The number of aromatic nitrogens is 1. The van der Waals surface area contributed by atoms with Crippen LogP contribution < -0.4 is 14.4 Å². The highest BCUT2D eigenvalue weighted by Gasteiger charge is 2.16. The van der Waals surface area contributed by atoms with Gasteiger partial charge in [-0.2, -0.15) is 0 Å². The molecule has 1 aliphatic heterocycles. The number of benzene rings is 1. The zero-order valence-corrected chi connectivity index (χ0v) is 13.7. The molecular formula is C16H19N3O3S. The lowest BCUT2D eigenvalue weighted by molar-refractivity contribution is 0.414. The Balaban J connectivity index is 1.74. The molecule has 6 nitrogen and oxygen atoms in total. The average Bonchev–Trinajstić information content (AvgIpc) is 3.10. The molecule has 0 amide bonds. The molecule has 1 aromatic heterocycles. The lowest BCUT2D eigenvalue weighted by atomic mass is 10.3. The van der Waals surface area contributed by atoms with Gasteiger partial charge in [-0.05, 0) is 49.2 Å². The van der Waals surface area contributed by atoms with Crippen LogP contribution in [0.1, 0.15) is 12.8 Å². The normalized spacial score (nSPS) is 14.7. The molecule has 0 unspecified atom stereocenters. The molecule has 0 radical (unpaired) electrons.